The molecule has 0 aromatic carbocycles. The third-order valence-corrected chi connectivity index (χ3v) is 4.65. The Morgan fingerprint density at radius 2 is 2.05 bits per heavy atom. The maximum Gasteiger partial charge on any atom is 0.263 e. The van der Waals surface area contributed by atoms with Crippen LogP contribution in [0.5, 0.6) is 0 Å². The monoisotopic (exact) mass is 292 g/mol. The van der Waals surface area contributed by atoms with Crippen LogP contribution in [-0.2, 0) is 16.6 Å². The molecule has 0 spiro atoms. The van der Waals surface area contributed by atoms with E-state index < -0.39 is 10.0 Å². The number of pyridine rings is 1. The van der Waals surface area contributed by atoms with Gasteiger partial charge in [-0.1, -0.05) is 0 Å². The Labute approximate surface area is 117 Å². The fourth-order valence-corrected chi connectivity index (χ4v) is 3.24. The molecule has 0 bridgehead atoms. The first-order valence-electron chi connectivity index (χ1n) is 6.44. The van der Waals surface area contributed by atoms with Crippen LogP contribution in [0, 0.1) is 0 Å². The van der Waals surface area contributed by atoms with Crippen LogP contribution in [0.2, 0.25) is 0 Å². The Morgan fingerprint density at radius 1 is 1.35 bits per heavy atom. The van der Waals surface area contributed by atoms with Crippen molar-refractivity contribution in [3.8, 4) is 0 Å². The van der Waals surface area contributed by atoms with E-state index in [1.807, 2.05) is 4.57 Å². The Kier molecular flexibility index (Phi) is 3.23. The summed E-state index contributed by atoms with van der Waals surface area (Å²) in [4.78, 5) is 4.11. The minimum atomic E-state index is -3.58. The van der Waals surface area contributed by atoms with E-state index in [0.717, 1.165) is 18.5 Å². The summed E-state index contributed by atoms with van der Waals surface area (Å²) in [6.07, 6.45) is 6.92. The van der Waals surface area contributed by atoms with Crippen LogP contribution in [0.4, 0.5) is 5.69 Å². The highest BCUT2D eigenvalue weighted by Gasteiger charge is 2.27. The van der Waals surface area contributed by atoms with Crippen LogP contribution in [-0.4, -0.2) is 18.0 Å². The first-order valence-corrected chi connectivity index (χ1v) is 7.92. The average molecular weight is 292 g/mol. The number of aromatic nitrogens is 2. The SMILES string of the molecule is NCc1cc(S(=O)(=O)Nc2ccncc2)cn1C1CC1. The third kappa shape index (κ3) is 2.54. The van der Waals surface area contributed by atoms with E-state index in [1.54, 1.807) is 36.8 Å². The standard InChI is InChI=1S/C13H16N4O2S/c14-8-12-7-13(9-17(12)11-1-2-11)20(18,19)16-10-3-5-15-6-4-10/h3-7,9,11H,1-2,8,14H2,(H,15,16). The highest BCUT2D eigenvalue weighted by molar-refractivity contribution is 7.92. The van der Waals surface area contributed by atoms with E-state index in [9.17, 15) is 8.42 Å². The van der Waals surface area contributed by atoms with E-state index in [2.05, 4.69) is 9.71 Å². The molecule has 0 unspecified atom stereocenters. The van der Waals surface area contributed by atoms with E-state index in [4.69, 9.17) is 5.73 Å². The molecule has 1 aliphatic carbocycles. The molecule has 2 heterocycles. The molecule has 3 N–H and O–H groups in total. The molecule has 0 amide bonds. The second-order valence-electron chi connectivity index (χ2n) is 4.85. The molecule has 6 nitrogen and oxygen atoms in total. The quantitative estimate of drug-likeness (QED) is 0.873. The maximum absolute atomic E-state index is 12.3. The molecular weight excluding hydrogens is 276 g/mol. The first kappa shape index (κ1) is 13.1. The van der Waals surface area contributed by atoms with Gasteiger partial charge in [0.1, 0.15) is 4.90 Å². The van der Waals surface area contributed by atoms with E-state index in [1.165, 1.54) is 0 Å². The van der Waals surface area contributed by atoms with Gasteiger partial charge >= 0.3 is 0 Å². The summed E-state index contributed by atoms with van der Waals surface area (Å²) in [5.41, 5.74) is 7.02. The molecule has 2 aromatic rings. The summed E-state index contributed by atoms with van der Waals surface area (Å²) in [7, 11) is -3.58. The highest BCUT2D eigenvalue weighted by atomic mass is 32.2. The van der Waals surface area contributed by atoms with Crippen LogP contribution >= 0.6 is 0 Å². The van der Waals surface area contributed by atoms with Gasteiger partial charge in [0.05, 0.1) is 5.69 Å². The number of nitrogens with one attached hydrogen (secondary N) is 1. The van der Waals surface area contributed by atoms with Crippen molar-refractivity contribution in [3.05, 3.63) is 42.5 Å². The third-order valence-electron chi connectivity index (χ3n) is 3.30. The van der Waals surface area contributed by atoms with Gasteiger partial charge in [-0.2, -0.15) is 0 Å². The maximum atomic E-state index is 12.3. The summed E-state index contributed by atoms with van der Waals surface area (Å²) >= 11 is 0. The molecule has 0 atom stereocenters. The van der Waals surface area contributed by atoms with Gasteiger partial charge in [-0.15, -0.1) is 0 Å². The number of hydrogen-bond acceptors (Lipinski definition) is 4. The summed E-state index contributed by atoms with van der Waals surface area (Å²) in [6.45, 7) is 0.335. The number of nitrogens with two attached hydrogens (primary N) is 1. The van der Waals surface area contributed by atoms with Crippen LogP contribution in [0.3, 0.4) is 0 Å². The van der Waals surface area contributed by atoms with Crippen molar-refractivity contribution < 1.29 is 8.42 Å². The molecule has 7 heteroatoms. The van der Waals surface area contributed by atoms with Crippen molar-refractivity contribution in [2.24, 2.45) is 5.73 Å². The fourth-order valence-electron chi connectivity index (χ4n) is 2.13. The van der Waals surface area contributed by atoms with Gasteiger partial charge < -0.3 is 10.3 Å². The zero-order valence-corrected chi connectivity index (χ0v) is 11.7. The predicted molar refractivity (Wildman–Crippen MR) is 75.6 cm³/mol. The molecule has 0 radical (unpaired) electrons. The number of anilines is 1. The molecule has 1 fully saturated rings. The zero-order valence-electron chi connectivity index (χ0n) is 10.9. The Hall–Kier alpha value is -1.86. The predicted octanol–water partition coefficient (Wildman–Crippen LogP) is 1.48. The van der Waals surface area contributed by atoms with Gasteiger partial charge in [0.2, 0.25) is 0 Å². The normalized spacial score (nSPS) is 15.2. The lowest BCUT2D eigenvalue weighted by atomic mass is 10.4. The smallest absolute Gasteiger partial charge is 0.263 e. The average Bonchev–Trinajstić information content (AvgIpc) is 3.18. The molecule has 106 valence electrons. The molecule has 2 aromatic heterocycles. The summed E-state index contributed by atoms with van der Waals surface area (Å²) in [6, 6.07) is 5.26. The minimum Gasteiger partial charge on any atom is -0.346 e. The molecule has 1 saturated carbocycles. The van der Waals surface area contributed by atoms with Gasteiger partial charge in [-0.3, -0.25) is 9.71 Å². The Bertz CT molecular complexity index is 705. The first-order chi connectivity index (χ1) is 9.60. The number of sulfonamides is 1. The number of rotatable bonds is 5. The lowest BCUT2D eigenvalue weighted by Crippen LogP contribution is -2.12. The molecule has 1 aliphatic rings. The van der Waals surface area contributed by atoms with Crippen molar-refractivity contribution in [1.29, 1.82) is 0 Å². The topological polar surface area (TPSA) is 90.0 Å². The zero-order chi connectivity index (χ0) is 14.2. The fraction of sp³-hybridized carbons (Fsp3) is 0.308. The largest absolute Gasteiger partial charge is 0.346 e. The van der Waals surface area contributed by atoms with Crippen molar-refractivity contribution in [1.82, 2.24) is 9.55 Å². The van der Waals surface area contributed by atoms with Crippen molar-refractivity contribution in [2.45, 2.75) is 30.3 Å². The molecule has 0 aliphatic heterocycles. The number of hydrogen-bond donors (Lipinski definition) is 2. The highest BCUT2D eigenvalue weighted by Crippen LogP contribution is 2.37. The van der Waals surface area contributed by atoms with Crippen LogP contribution in [0.25, 0.3) is 0 Å². The van der Waals surface area contributed by atoms with E-state index >= 15 is 0 Å². The second-order valence-corrected chi connectivity index (χ2v) is 6.53. The van der Waals surface area contributed by atoms with Gasteiger partial charge in [-0.05, 0) is 31.0 Å². The van der Waals surface area contributed by atoms with Gasteiger partial charge in [0.15, 0.2) is 0 Å². The van der Waals surface area contributed by atoms with Gasteiger partial charge in [-0.25, -0.2) is 8.42 Å². The molecule has 3 rings (SSSR count). The van der Waals surface area contributed by atoms with Crippen molar-refractivity contribution in [2.75, 3.05) is 4.72 Å². The van der Waals surface area contributed by atoms with Gasteiger partial charge in [0.25, 0.3) is 10.0 Å². The van der Waals surface area contributed by atoms with Crippen LogP contribution in [0.15, 0.2) is 41.7 Å². The van der Waals surface area contributed by atoms with Crippen molar-refractivity contribution >= 4 is 15.7 Å². The van der Waals surface area contributed by atoms with Gasteiger partial charge in [0, 0.05) is 36.9 Å². The minimum absolute atomic E-state index is 0.252. The molecule has 0 saturated heterocycles. The summed E-state index contributed by atoms with van der Waals surface area (Å²) < 4.78 is 29.2. The molecular formula is C13H16N4O2S. The van der Waals surface area contributed by atoms with E-state index in [0.29, 0.717) is 18.3 Å². The lowest BCUT2D eigenvalue weighted by Gasteiger charge is -2.05. The van der Waals surface area contributed by atoms with Crippen LogP contribution < -0.4 is 10.5 Å². The Balaban J connectivity index is 1.91. The van der Waals surface area contributed by atoms with E-state index in [-0.39, 0.29) is 4.90 Å². The summed E-state index contributed by atoms with van der Waals surface area (Å²) in [5.74, 6) is 0. The summed E-state index contributed by atoms with van der Waals surface area (Å²) in [5, 5.41) is 0. The number of nitrogens with zero attached hydrogens (tertiary/aromatic N) is 2. The Morgan fingerprint density at radius 3 is 2.65 bits per heavy atom. The second kappa shape index (κ2) is 4.92. The molecule has 20 heavy (non-hydrogen) atoms. The van der Waals surface area contributed by atoms with Crippen molar-refractivity contribution in [3.63, 3.8) is 0 Å². The van der Waals surface area contributed by atoms with Crippen LogP contribution in [0.1, 0.15) is 24.6 Å². The lowest BCUT2D eigenvalue weighted by molar-refractivity contribution is 0.600.